The minimum atomic E-state index is -1.10. The van der Waals surface area contributed by atoms with Crippen LogP contribution in [0.15, 0.2) is 35.5 Å². The molecular formula is C19H16N2O6. The van der Waals surface area contributed by atoms with Crippen LogP contribution in [0.5, 0.6) is 5.75 Å². The molecule has 2 aliphatic heterocycles. The number of amides is 1. The highest BCUT2D eigenvalue weighted by Crippen LogP contribution is 2.36. The predicted molar refractivity (Wildman–Crippen MR) is 94.4 cm³/mol. The minimum absolute atomic E-state index is 0.0432. The molecule has 8 nitrogen and oxygen atoms in total. The minimum Gasteiger partial charge on any atom is -0.478 e. The zero-order valence-electron chi connectivity index (χ0n) is 14.4. The molecule has 0 radical (unpaired) electrons. The summed E-state index contributed by atoms with van der Waals surface area (Å²) in [6, 6.07) is 8.12. The number of anilines is 1. The van der Waals surface area contributed by atoms with Crippen LogP contribution in [0.4, 0.5) is 5.69 Å². The third-order valence-electron chi connectivity index (χ3n) is 4.60. The SMILES string of the molecule is Cc1cc2c(c(CN3C(=O)/C(=N\O)c4ccc(C(=O)O)cc43)c1)OCOC2. The van der Waals surface area contributed by atoms with Crippen molar-refractivity contribution in [3.63, 3.8) is 0 Å². The quantitative estimate of drug-likeness (QED) is 0.636. The number of fused-ring (bicyclic) bond motifs is 2. The molecule has 0 aliphatic carbocycles. The van der Waals surface area contributed by atoms with Crippen LogP contribution in [0.25, 0.3) is 0 Å². The van der Waals surface area contributed by atoms with Crippen LogP contribution in [0.1, 0.15) is 32.6 Å². The summed E-state index contributed by atoms with van der Waals surface area (Å²) in [6.45, 7) is 2.63. The zero-order valence-corrected chi connectivity index (χ0v) is 14.4. The van der Waals surface area contributed by atoms with Crippen molar-refractivity contribution in [1.29, 1.82) is 0 Å². The summed E-state index contributed by atoms with van der Waals surface area (Å²) in [5, 5.41) is 21.6. The number of ether oxygens (including phenoxy) is 2. The predicted octanol–water partition coefficient (Wildman–Crippen LogP) is 2.28. The van der Waals surface area contributed by atoms with E-state index in [0.717, 1.165) is 16.7 Å². The summed E-state index contributed by atoms with van der Waals surface area (Å²) < 4.78 is 10.9. The summed E-state index contributed by atoms with van der Waals surface area (Å²) in [5.41, 5.74) is 3.34. The highest BCUT2D eigenvalue weighted by molar-refractivity contribution is 6.54. The van der Waals surface area contributed by atoms with Gasteiger partial charge in [-0.2, -0.15) is 0 Å². The highest BCUT2D eigenvalue weighted by Gasteiger charge is 2.36. The molecule has 2 N–H and O–H groups in total. The van der Waals surface area contributed by atoms with Crippen LogP contribution in [0.3, 0.4) is 0 Å². The number of oxime groups is 1. The Morgan fingerprint density at radius 2 is 2.11 bits per heavy atom. The molecule has 4 rings (SSSR count). The normalized spacial score (nSPS) is 16.9. The molecule has 0 fully saturated rings. The van der Waals surface area contributed by atoms with E-state index in [1.54, 1.807) is 0 Å². The van der Waals surface area contributed by atoms with Crippen molar-refractivity contribution in [2.45, 2.75) is 20.1 Å². The van der Waals surface area contributed by atoms with Gasteiger partial charge < -0.3 is 24.7 Å². The lowest BCUT2D eigenvalue weighted by Gasteiger charge is -2.24. The number of aryl methyl sites for hydroxylation is 1. The number of hydrogen-bond acceptors (Lipinski definition) is 6. The fraction of sp³-hybridized carbons (Fsp3) is 0.211. The van der Waals surface area contributed by atoms with Gasteiger partial charge in [-0.1, -0.05) is 22.9 Å². The van der Waals surface area contributed by atoms with Gasteiger partial charge in [0, 0.05) is 16.7 Å². The Bertz CT molecular complexity index is 998. The van der Waals surface area contributed by atoms with Gasteiger partial charge in [-0.25, -0.2) is 4.79 Å². The number of hydrogen-bond donors (Lipinski definition) is 2. The third-order valence-corrected chi connectivity index (χ3v) is 4.60. The van der Waals surface area contributed by atoms with Gasteiger partial charge in [0.05, 0.1) is 24.4 Å². The Hall–Kier alpha value is -3.39. The molecule has 0 atom stereocenters. The lowest BCUT2D eigenvalue weighted by molar-refractivity contribution is -0.112. The maximum atomic E-state index is 12.8. The second-order valence-corrected chi connectivity index (χ2v) is 6.40. The van der Waals surface area contributed by atoms with Crippen molar-refractivity contribution >= 4 is 23.3 Å². The molecule has 27 heavy (non-hydrogen) atoms. The number of carboxylic acids is 1. The van der Waals surface area contributed by atoms with Crippen molar-refractivity contribution < 1.29 is 29.4 Å². The van der Waals surface area contributed by atoms with E-state index in [1.165, 1.54) is 23.1 Å². The van der Waals surface area contributed by atoms with Crippen molar-refractivity contribution in [2.24, 2.45) is 5.16 Å². The molecule has 8 heteroatoms. The average Bonchev–Trinajstić information content (AvgIpc) is 2.92. The lowest BCUT2D eigenvalue weighted by atomic mass is 10.0. The van der Waals surface area contributed by atoms with Crippen LogP contribution in [0.2, 0.25) is 0 Å². The zero-order chi connectivity index (χ0) is 19.1. The number of benzene rings is 2. The highest BCUT2D eigenvalue weighted by atomic mass is 16.7. The van der Waals surface area contributed by atoms with Gasteiger partial charge in [-0.05, 0) is 25.1 Å². The summed E-state index contributed by atoms with van der Waals surface area (Å²) in [4.78, 5) is 25.5. The Morgan fingerprint density at radius 1 is 1.30 bits per heavy atom. The van der Waals surface area contributed by atoms with Crippen LogP contribution >= 0.6 is 0 Å². The van der Waals surface area contributed by atoms with Gasteiger partial charge in [-0.15, -0.1) is 0 Å². The van der Waals surface area contributed by atoms with E-state index in [-0.39, 0.29) is 24.6 Å². The molecule has 0 aromatic heterocycles. The number of carbonyl (C=O) groups excluding carboxylic acids is 1. The van der Waals surface area contributed by atoms with E-state index >= 15 is 0 Å². The molecule has 2 heterocycles. The van der Waals surface area contributed by atoms with Crippen LogP contribution < -0.4 is 9.64 Å². The maximum absolute atomic E-state index is 12.8. The van der Waals surface area contributed by atoms with E-state index in [9.17, 15) is 19.9 Å². The van der Waals surface area contributed by atoms with Gasteiger partial charge in [0.25, 0.3) is 5.91 Å². The smallest absolute Gasteiger partial charge is 0.335 e. The van der Waals surface area contributed by atoms with Crippen molar-refractivity contribution in [3.8, 4) is 5.75 Å². The van der Waals surface area contributed by atoms with E-state index in [4.69, 9.17) is 9.47 Å². The maximum Gasteiger partial charge on any atom is 0.335 e. The molecule has 138 valence electrons. The Balaban J connectivity index is 1.80. The molecule has 0 unspecified atom stereocenters. The van der Waals surface area contributed by atoms with E-state index < -0.39 is 11.9 Å². The third kappa shape index (κ3) is 2.80. The average molecular weight is 368 g/mol. The summed E-state index contributed by atoms with van der Waals surface area (Å²) >= 11 is 0. The molecule has 2 aliphatic rings. The van der Waals surface area contributed by atoms with Crippen molar-refractivity contribution in [3.05, 3.63) is 58.1 Å². The molecule has 2 aromatic rings. The number of carbonyl (C=O) groups is 2. The van der Waals surface area contributed by atoms with Crippen LogP contribution in [-0.4, -0.2) is 34.7 Å². The van der Waals surface area contributed by atoms with Crippen LogP contribution in [-0.2, 0) is 22.7 Å². The van der Waals surface area contributed by atoms with Gasteiger partial charge >= 0.3 is 5.97 Å². The largest absolute Gasteiger partial charge is 0.478 e. The first-order valence-electron chi connectivity index (χ1n) is 8.24. The number of carboxylic acid groups (broad SMARTS) is 1. The topological polar surface area (TPSA) is 109 Å². The van der Waals surface area contributed by atoms with E-state index in [0.29, 0.717) is 23.6 Å². The van der Waals surface area contributed by atoms with Gasteiger partial charge in [-0.3, -0.25) is 4.79 Å². The van der Waals surface area contributed by atoms with Gasteiger partial charge in [0.1, 0.15) is 5.75 Å². The lowest BCUT2D eigenvalue weighted by Crippen LogP contribution is -2.30. The van der Waals surface area contributed by atoms with Crippen molar-refractivity contribution in [1.82, 2.24) is 0 Å². The van der Waals surface area contributed by atoms with Gasteiger partial charge in [0.15, 0.2) is 12.5 Å². The summed E-state index contributed by atoms with van der Waals surface area (Å²) in [6.07, 6.45) is 0. The number of rotatable bonds is 3. The molecule has 0 saturated carbocycles. The molecule has 0 bridgehead atoms. The number of nitrogens with zero attached hydrogens (tertiary/aromatic N) is 2. The Morgan fingerprint density at radius 3 is 2.85 bits per heavy atom. The molecule has 1 amide bonds. The van der Waals surface area contributed by atoms with E-state index in [1.807, 2.05) is 19.1 Å². The van der Waals surface area contributed by atoms with Gasteiger partial charge in [0.2, 0.25) is 0 Å². The fourth-order valence-electron chi connectivity index (χ4n) is 3.46. The van der Waals surface area contributed by atoms with E-state index in [2.05, 4.69) is 5.16 Å². The van der Waals surface area contributed by atoms with Crippen molar-refractivity contribution in [2.75, 3.05) is 11.7 Å². The monoisotopic (exact) mass is 368 g/mol. The molecule has 2 aromatic carbocycles. The first kappa shape index (κ1) is 17.0. The first-order valence-corrected chi connectivity index (χ1v) is 8.24. The fourth-order valence-corrected chi connectivity index (χ4v) is 3.46. The second-order valence-electron chi connectivity index (χ2n) is 6.40. The summed E-state index contributed by atoms with van der Waals surface area (Å²) in [7, 11) is 0. The Labute approximate surface area is 154 Å². The van der Waals surface area contributed by atoms with Crippen LogP contribution in [0, 0.1) is 6.92 Å². The Kier molecular flexibility index (Phi) is 4.04. The summed E-state index contributed by atoms with van der Waals surface area (Å²) in [5.74, 6) is -0.949. The standard InChI is InChI=1S/C19H16N2O6/c1-10-4-12(17-13(5-10)8-26-9-27-17)7-21-15-6-11(19(23)24)2-3-14(15)16(20-25)18(21)22/h2-6,25H,7-9H2,1H3,(H,23,24)/b20-16-. The molecule has 0 spiro atoms. The molecular weight excluding hydrogens is 352 g/mol. The first-order chi connectivity index (χ1) is 13.0. The number of aromatic carboxylic acids is 1. The molecule has 0 saturated heterocycles. The second kappa shape index (κ2) is 6.40.